The Kier molecular flexibility index (Phi) is 3.19. The highest BCUT2D eigenvalue weighted by Gasteiger charge is 2.28. The van der Waals surface area contributed by atoms with E-state index in [0.717, 1.165) is 43.6 Å². The Labute approximate surface area is 125 Å². The van der Waals surface area contributed by atoms with Gasteiger partial charge in [-0.2, -0.15) is 0 Å². The van der Waals surface area contributed by atoms with Gasteiger partial charge < -0.3 is 9.84 Å². The quantitative estimate of drug-likeness (QED) is 0.913. The van der Waals surface area contributed by atoms with E-state index < -0.39 is 0 Å². The maximum Gasteiger partial charge on any atom is 0.122 e. The molecule has 0 fully saturated rings. The minimum atomic E-state index is -0.385. The Morgan fingerprint density at radius 3 is 2.52 bits per heavy atom. The molecule has 0 amide bonds. The highest BCUT2D eigenvalue weighted by Crippen LogP contribution is 2.37. The fourth-order valence-electron chi connectivity index (χ4n) is 3.65. The number of hydrogen-bond acceptors (Lipinski definition) is 2. The summed E-state index contributed by atoms with van der Waals surface area (Å²) in [6.07, 6.45) is 3.70. The Hall–Kier alpha value is -1.80. The lowest BCUT2D eigenvalue weighted by Gasteiger charge is -2.22. The maximum absolute atomic E-state index is 10.8. The van der Waals surface area contributed by atoms with Gasteiger partial charge in [-0.3, -0.25) is 0 Å². The van der Waals surface area contributed by atoms with Crippen molar-refractivity contribution in [3.05, 3.63) is 64.7 Å². The molecular formula is C19H20O2. The molecule has 0 saturated heterocycles. The van der Waals surface area contributed by atoms with Crippen molar-refractivity contribution in [3.8, 4) is 5.75 Å². The average molecular weight is 280 g/mol. The van der Waals surface area contributed by atoms with Gasteiger partial charge in [0.2, 0.25) is 0 Å². The van der Waals surface area contributed by atoms with E-state index in [1.54, 1.807) is 0 Å². The van der Waals surface area contributed by atoms with Gasteiger partial charge in [-0.05, 0) is 66.0 Å². The lowest BCUT2D eigenvalue weighted by Crippen LogP contribution is -2.14. The highest BCUT2D eigenvalue weighted by molar-refractivity contribution is 5.40. The van der Waals surface area contributed by atoms with Gasteiger partial charge in [0.1, 0.15) is 5.75 Å². The number of ether oxygens (including phenoxy) is 1. The van der Waals surface area contributed by atoms with E-state index in [9.17, 15) is 5.11 Å². The van der Waals surface area contributed by atoms with Crippen LogP contribution in [0.15, 0.2) is 42.5 Å². The second-order valence-corrected chi connectivity index (χ2v) is 6.20. The molecule has 108 valence electrons. The van der Waals surface area contributed by atoms with Crippen molar-refractivity contribution in [2.24, 2.45) is 5.92 Å². The fourth-order valence-corrected chi connectivity index (χ4v) is 3.65. The van der Waals surface area contributed by atoms with E-state index in [0.29, 0.717) is 5.92 Å². The van der Waals surface area contributed by atoms with Crippen molar-refractivity contribution in [3.63, 3.8) is 0 Å². The van der Waals surface area contributed by atoms with Crippen LogP contribution < -0.4 is 4.74 Å². The molecule has 1 N–H and O–H groups in total. The number of aryl methyl sites for hydroxylation is 1. The molecule has 4 rings (SSSR count). The van der Waals surface area contributed by atoms with E-state index in [2.05, 4.69) is 30.3 Å². The number of fused-ring (bicyclic) bond motifs is 2. The Balaban J connectivity index is 1.57. The molecule has 1 aliphatic heterocycles. The third-order valence-corrected chi connectivity index (χ3v) is 4.80. The molecule has 1 unspecified atom stereocenters. The van der Waals surface area contributed by atoms with Gasteiger partial charge in [0, 0.05) is 0 Å². The first-order valence-electron chi connectivity index (χ1n) is 7.82. The summed E-state index contributed by atoms with van der Waals surface area (Å²) in [5.41, 5.74) is 5.07. The van der Waals surface area contributed by atoms with Crippen LogP contribution in [0.2, 0.25) is 0 Å². The Morgan fingerprint density at radius 2 is 1.76 bits per heavy atom. The largest absolute Gasteiger partial charge is 0.493 e. The van der Waals surface area contributed by atoms with Crippen LogP contribution in [0.5, 0.6) is 5.75 Å². The molecule has 1 aliphatic carbocycles. The van der Waals surface area contributed by atoms with Crippen molar-refractivity contribution in [2.45, 2.75) is 31.8 Å². The van der Waals surface area contributed by atoms with E-state index in [4.69, 9.17) is 4.74 Å². The van der Waals surface area contributed by atoms with Gasteiger partial charge in [-0.15, -0.1) is 0 Å². The van der Waals surface area contributed by atoms with Crippen molar-refractivity contribution < 1.29 is 9.84 Å². The molecule has 0 saturated carbocycles. The SMILES string of the molecule is OC(c1ccc2c(c1)CCCO2)C1Cc2ccccc2C1. The van der Waals surface area contributed by atoms with Crippen molar-refractivity contribution in [1.82, 2.24) is 0 Å². The topological polar surface area (TPSA) is 29.5 Å². The summed E-state index contributed by atoms with van der Waals surface area (Å²) in [7, 11) is 0. The van der Waals surface area contributed by atoms with Gasteiger partial charge >= 0.3 is 0 Å². The van der Waals surface area contributed by atoms with Crippen LogP contribution >= 0.6 is 0 Å². The monoisotopic (exact) mass is 280 g/mol. The number of aliphatic hydroxyl groups excluding tert-OH is 1. The van der Waals surface area contributed by atoms with Crippen LogP contribution in [-0.2, 0) is 19.3 Å². The summed E-state index contributed by atoms with van der Waals surface area (Å²) in [6.45, 7) is 0.812. The summed E-state index contributed by atoms with van der Waals surface area (Å²) >= 11 is 0. The maximum atomic E-state index is 10.8. The minimum absolute atomic E-state index is 0.296. The van der Waals surface area contributed by atoms with Crippen LogP contribution in [0, 0.1) is 5.92 Å². The molecule has 2 nitrogen and oxygen atoms in total. The smallest absolute Gasteiger partial charge is 0.122 e. The number of aliphatic hydroxyl groups is 1. The molecular weight excluding hydrogens is 260 g/mol. The first-order chi connectivity index (χ1) is 10.3. The number of benzene rings is 2. The van der Waals surface area contributed by atoms with E-state index in [1.165, 1.54) is 16.7 Å². The number of hydrogen-bond donors (Lipinski definition) is 1. The molecule has 2 aromatic carbocycles. The molecule has 0 spiro atoms. The van der Waals surface area contributed by atoms with Crippen molar-refractivity contribution >= 4 is 0 Å². The Morgan fingerprint density at radius 1 is 1.00 bits per heavy atom. The van der Waals surface area contributed by atoms with E-state index >= 15 is 0 Å². The van der Waals surface area contributed by atoms with Crippen LogP contribution in [0.4, 0.5) is 0 Å². The molecule has 1 atom stereocenters. The number of rotatable bonds is 2. The fraction of sp³-hybridized carbons (Fsp3) is 0.368. The van der Waals surface area contributed by atoms with Gasteiger partial charge in [-0.1, -0.05) is 30.3 Å². The van der Waals surface area contributed by atoms with Crippen LogP contribution in [0.3, 0.4) is 0 Å². The lowest BCUT2D eigenvalue weighted by molar-refractivity contribution is 0.113. The predicted molar refractivity (Wildman–Crippen MR) is 82.6 cm³/mol. The first-order valence-corrected chi connectivity index (χ1v) is 7.82. The van der Waals surface area contributed by atoms with Crippen LogP contribution in [0.1, 0.15) is 34.8 Å². The van der Waals surface area contributed by atoms with Gasteiger partial charge in [0.05, 0.1) is 12.7 Å². The zero-order chi connectivity index (χ0) is 14.2. The van der Waals surface area contributed by atoms with Crippen molar-refractivity contribution in [2.75, 3.05) is 6.61 Å². The Bertz CT molecular complexity index is 637. The molecule has 1 heterocycles. The predicted octanol–water partition coefficient (Wildman–Crippen LogP) is 3.46. The normalized spacial score (nSPS) is 18.7. The second-order valence-electron chi connectivity index (χ2n) is 6.20. The summed E-state index contributed by atoms with van der Waals surface area (Å²) in [5, 5.41) is 10.8. The third kappa shape index (κ3) is 2.34. The van der Waals surface area contributed by atoms with E-state index in [-0.39, 0.29) is 6.10 Å². The van der Waals surface area contributed by atoms with Crippen LogP contribution in [-0.4, -0.2) is 11.7 Å². The minimum Gasteiger partial charge on any atom is -0.493 e. The average Bonchev–Trinajstić information content (AvgIpc) is 2.97. The summed E-state index contributed by atoms with van der Waals surface area (Å²) < 4.78 is 5.65. The lowest BCUT2D eigenvalue weighted by atomic mass is 9.91. The zero-order valence-corrected chi connectivity index (χ0v) is 12.1. The molecule has 21 heavy (non-hydrogen) atoms. The van der Waals surface area contributed by atoms with Crippen LogP contribution in [0.25, 0.3) is 0 Å². The molecule has 0 bridgehead atoms. The van der Waals surface area contributed by atoms with Gasteiger partial charge in [0.15, 0.2) is 0 Å². The summed E-state index contributed by atoms with van der Waals surface area (Å²) in [6, 6.07) is 14.7. The van der Waals surface area contributed by atoms with Crippen molar-refractivity contribution in [1.29, 1.82) is 0 Å². The molecule has 2 heteroatoms. The second kappa shape index (κ2) is 5.19. The standard InChI is InChI=1S/C19H20O2/c20-19(17-10-13-4-1-2-5-14(13)11-17)16-7-8-18-15(12-16)6-3-9-21-18/h1-2,4-5,7-8,12,17,19-20H,3,6,9-11H2. The van der Waals surface area contributed by atoms with Gasteiger partial charge in [0.25, 0.3) is 0 Å². The molecule has 0 radical (unpaired) electrons. The first kappa shape index (κ1) is 12.9. The molecule has 2 aliphatic rings. The summed E-state index contributed by atoms with van der Waals surface area (Å²) in [5.74, 6) is 1.29. The van der Waals surface area contributed by atoms with E-state index in [1.807, 2.05) is 12.1 Å². The molecule has 0 aromatic heterocycles. The van der Waals surface area contributed by atoms with Gasteiger partial charge in [-0.25, -0.2) is 0 Å². The third-order valence-electron chi connectivity index (χ3n) is 4.80. The molecule has 2 aromatic rings. The summed E-state index contributed by atoms with van der Waals surface area (Å²) in [4.78, 5) is 0. The zero-order valence-electron chi connectivity index (χ0n) is 12.1. The highest BCUT2D eigenvalue weighted by atomic mass is 16.5.